The highest BCUT2D eigenvalue weighted by atomic mass is 16.2. The minimum atomic E-state index is -0.365. The minimum absolute atomic E-state index is 0.322. The molecule has 0 saturated heterocycles. The zero-order valence-corrected chi connectivity index (χ0v) is 8.36. The van der Waals surface area contributed by atoms with Gasteiger partial charge in [-0.05, 0) is 17.7 Å². The number of nitrogens with one attached hydrogen (secondary N) is 1. The van der Waals surface area contributed by atoms with Crippen LogP contribution < -0.4 is 5.32 Å². The van der Waals surface area contributed by atoms with Crippen molar-refractivity contribution in [1.29, 1.82) is 5.26 Å². The van der Waals surface area contributed by atoms with Gasteiger partial charge in [-0.15, -0.1) is 0 Å². The molecule has 78 valence electrons. The number of carbonyl (C=O) groups is 2. The van der Waals surface area contributed by atoms with Gasteiger partial charge in [0.2, 0.25) is 0 Å². The smallest absolute Gasteiger partial charge is 0.258 e. The van der Waals surface area contributed by atoms with Gasteiger partial charge in [0.05, 0.1) is 23.6 Å². The van der Waals surface area contributed by atoms with Crippen LogP contribution in [0, 0.1) is 11.3 Å². The van der Waals surface area contributed by atoms with Crippen molar-refractivity contribution in [2.75, 3.05) is 0 Å². The molecule has 0 aliphatic carbocycles. The number of carbonyl (C=O) groups excluding carboxylic acids is 2. The van der Waals surface area contributed by atoms with E-state index < -0.39 is 0 Å². The van der Waals surface area contributed by atoms with Crippen LogP contribution in [-0.2, 0) is 0 Å². The van der Waals surface area contributed by atoms with E-state index in [1.807, 2.05) is 6.07 Å². The average Bonchev–Trinajstić information content (AvgIpc) is 2.55. The molecule has 0 spiro atoms. The van der Waals surface area contributed by atoms with Gasteiger partial charge in [0, 0.05) is 0 Å². The predicted molar refractivity (Wildman–Crippen MR) is 57.5 cm³/mol. The Morgan fingerprint density at radius 3 is 2.75 bits per heavy atom. The maximum Gasteiger partial charge on any atom is 0.258 e. The molecule has 0 radical (unpaired) electrons. The van der Waals surface area contributed by atoms with E-state index in [1.54, 1.807) is 30.4 Å². The fourth-order valence-electron chi connectivity index (χ4n) is 1.54. The maximum absolute atomic E-state index is 11.3. The molecule has 4 heteroatoms. The van der Waals surface area contributed by atoms with Crippen LogP contribution in [0.15, 0.2) is 24.3 Å². The number of rotatable bonds is 2. The molecule has 1 aromatic rings. The third-order valence-electron chi connectivity index (χ3n) is 2.28. The molecular weight excluding hydrogens is 204 g/mol. The third kappa shape index (κ3) is 1.71. The molecule has 0 unspecified atom stereocenters. The van der Waals surface area contributed by atoms with Crippen LogP contribution in [0.4, 0.5) is 0 Å². The number of amides is 2. The molecule has 1 heterocycles. The number of imide groups is 1. The lowest BCUT2D eigenvalue weighted by Crippen LogP contribution is -2.19. The Bertz CT molecular complexity index is 538. The van der Waals surface area contributed by atoms with Crippen molar-refractivity contribution in [2.45, 2.75) is 6.42 Å². The molecule has 0 aromatic heterocycles. The van der Waals surface area contributed by atoms with E-state index in [0.29, 0.717) is 17.5 Å². The normalized spacial score (nSPS) is 13.7. The Morgan fingerprint density at radius 1 is 1.25 bits per heavy atom. The number of benzene rings is 1. The summed E-state index contributed by atoms with van der Waals surface area (Å²) in [5.74, 6) is -0.719. The first-order valence-electron chi connectivity index (χ1n) is 4.75. The largest absolute Gasteiger partial charge is 0.288 e. The Labute approximate surface area is 92.2 Å². The van der Waals surface area contributed by atoms with E-state index in [2.05, 4.69) is 5.32 Å². The second kappa shape index (κ2) is 3.99. The SMILES string of the molecule is N#CCC=Cc1ccc2c(c1)C(=O)NC2=O. The fourth-order valence-corrected chi connectivity index (χ4v) is 1.54. The summed E-state index contributed by atoms with van der Waals surface area (Å²) in [4.78, 5) is 22.6. The minimum Gasteiger partial charge on any atom is -0.288 e. The molecule has 1 aliphatic rings. The van der Waals surface area contributed by atoms with Crippen LogP contribution in [0.5, 0.6) is 0 Å². The third-order valence-corrected chi connectivity index (χ3v) is 2.28. The first kappa shape index (κ1) is 10.1. The van der Waals surface area contributed by atoms with Crippen molar-refractivity contribution < 1.29 is 9.59 Å². The second-order valence-corrected chi connectivity index (χ2v) is 3.35. The molecule has 1 N–H and O–H groups in total. The van der Waals surface area contributed by atoms with Crippen molar-refractivity contribution in [3.05, 3.63) is 41.0 Å². The van der Waals surface area contributed by atoms with Crippen LogP contribution in [-0.4, -0.2) is 11.8 Å². The van der Waals surface area contributed by atoms with Crippen molar-refractivity contribution in [3.8, 4) is 6.07 Å². The topological polar surface area (TPSA) is 70.0 Å². The van der Waals surface area contributed by atoms with E-state index in [4.69, 9.17) is 5.26 Å². The summed E-state index contributed by atoms with van der Waals surface area (Å²) in [6, 6.07) is 6.98. The van der Waals surface area contributed by atoms with Crippen molar-refractivity contribution in [1.82, 2.24) is 5.32 Å². The first-order valence-corrected chi connectivity index (χ1v) is 4.75. The number of nitriles is 1. The predicted octanol–water partition coefficient (Wildman–Crippen LogP) is 1.50. The highest BCUT2D eigenvalue weighted by Gasteiger charge is 2.26. The van der Waals surface area contributed by atoms with Gasteiger partial charge in [-0.3, -0.25) is 14.9 Å². The lowest BCUT2D eigenvalue weighted by atomic mass is 10.1. The maximum atomic E-state index is 11.3. The van der Waals surface area contributed by atoms with E-state index in [1.165, 1.54) is 0 Å². The Balaban J connectivity index is 2.34. The van der Waals surface area contributed by atoms with E-state index in [9.17, 15) is 9.59 Å². The average molecular weight is 212 g/mol. The van der Waals surface area contributed by atoms with Crippen LogP contribution >= 0.6 is 0 Å². The van der Waals surface area contributed by atoms with Crippen molar-refractivity contribution in [2.24, 2.45) is 0 Å². The Morgan fingerprint density at radius 2 is 2.00 bits per heavy atom. The summed E-state index contributed by atoms with van der Waals surface area (Å²) in [6.07, 6.45) is 3.78. The molecule has 2 amide bonds. The summed E-state index contributed by atoms with van der Waals surface area (Å²) in [5.41, 5.74) is 1.60. The first-order chi connectivity index (χ1) is 7.72. The highest BCUT2D eigenvalue weighted by Crippen LogP contribution is 2.18. The standard InChI is InChI=1S/C12H8N2O2/c13-6-2-1-3-8-4-5-9-10(7-8)12(16)14-11(9)15/h1,3-5,7H,2H2,(H,14,15,16). The lowest BCUT2D eigenvalue weighted by Gasteiger charge is -1.96. The number of nitrogens with zero attached hydrogens (tertiary/aromatic N) is 1. The van der Waals surface area contributed by atoms with Crippen LogP contribution in [0.3, 0.4) is 0 Å². The number of allylic oxidation sites excluding steroid dienone is 1. The van der Waals surface area contributed by atoms with Gasteiger partial charge in [0.25, 0.3) is 11.8 Å². The number of hydrogen-bond acceptors (Lipinski definition) is 3. The van der Waals surface area contributed by atoms with Gasteiger partial charge in [-0.25, -0.2) is 0 Å². The molecule has 0 fully saturated rings. The summed E-state index contributed by atoms with van der Waals surface area (Å²) >= 11 is 0. The summed E-state index contributed by atoms with van der Waals surface area (Å²) in [6.45, 7) is 0. The van der Waals surface area contributed by atoms with Crippen LogP contribution in [0.2, 0.25) is 0 Å². The zero-order valence-electron chi connectivity index (χ0n) is 8.36. The van der Waals surface area contributed by atoms with E-state index in [-0.39, 0.29) is 11.8 Å². The molecular formula is C12H8N2O2. The number of fused-ring (bicyclic) bond motifs is 1. The number of hydrogen-bond donors (Lipinski definition) is 1. The lowest BCUT2D eigenvalue weighted by molar-refractivity contribution is 0.0879. The molecule has 1 aliphatic heterocycles. The second-order valence-electron chi connectivity index (χ2n) is 3.35. The van der Waals surface area contributed by atoms with E-state index in [0.717, 1.165) is 5.56 Å². The fraction of sp³-hybridized carbons (Fsp3) is 0.0833. The quantitative estimate of drug-likeness (QED) is 0.755. The molecule has 2 rings (SSSR count). The van der Waals surface area contributed by atoms with Crippen molar-refractivity contribution >= 4 is 17.9 Å². The summed E-state index contributed by atoms with van der Waals surface area (Å²) in [5, 5.41) is 10.6. The van der Waals surface area contributed by atoms with Gasteiger partial charge in [-0.2, -0.15) is 5.26 Å². The van der Waals surface area contributed by atoms with Gasteiger partial charge in [0.1, 0.15) is 0 Å². The van der Waals surface area contributed by atoms with E-state index >= 15 is 0 Å². The molecule has 4 nitrogen and oxygen atoms in total. The van der Waals surface area contributed by atoms with Crippen LogP contribution in [0.25, 0.3) is 6.08 Å². The molecule has 1 aromatic carbocycles. The van der Waals surface area contributed by atoms with Crippen LogP contribution in [0.1, 0.15) is 32.7 Å². The van der Waals surface area contributed by atoms with Gasteiger partial charge >= 0.3 is 0 Å². The summed E-state index contributed by atoms with van der Waals surface area (Å²) < 4.78 is 0. The zero-order chi connectivity index (χ0) is 11.5. The molecule has 0 atom stereocenters. The molecule has 0 bridgehead atoms. The Hall–Kier alpha value is -2.41. The van der Waals surface area contributed by atoms with Crippen molar-refractivity contribution in [3.63, 3.8) is 0 Å². The van der Waals surface area contributed by atoms with Gasteiger partial charge < -0.3 is 0 Å². The molecule has 16 heavy (non-hydrogen) atoms. The van der Waals surface area contributed by atoms with Gasteiger partial charge in [0.15, 0.2) is 0 Å². The van der Waals surface area contributed by atoms with Gasteiger partial charge in [-0.1, -0.05) is 18.2 Å². The monoisotopic (exact) mass is 212 g/mol. The highest BCUT2D eigenvalue weighted by molar-refractivity contribution is 6.21. The summed E-state index contributed by atoms with van der Waals surface area (Å²) in [7, 11) is 0. The molecule has 0 saturated carbocycles. The Kier molecular flexibility index (Phi) is 2.52.